The van der Waals surface area contributed by atoms with Gasteiger partial charge in [0.1, 0.15) is 6.10 Å². The summed E-state index contributed by atoms with van der Waals surface area (Å²) in [5.74, 6) is 1.59. The number of nitrogens with zero attached hydrogens (tertiary/aromatic N) is 2. The summed E-state index contributed by atoms with van der Waals surface area (Å²) in [5.41, 5.74) is 3.66. The number of hydrogen-bond acceptors (Lipinski definition) is 5. The van der Waals surface area contributed by atoms with Crippen LogP contribution in [0.3, 0.4) is 0 Å². The summed E-state index contributed by atoms with van der Waals surface area (Å²) < 4.78 is 6.42. The zero-order valence-electron chi connectivity index (χ0n) is 21.7. The molecule has 4 aromatic rings. The molecule has 3 aromatic carbocycles. The monoisotopic (exact) mass is 554 g/mol. The van der Waals surface area contributed by atoms with Gasteiger partial charge < -0.3 is 4.74 Å². The van der Waals surface area contributed by atoms with Crippen LogP contribution in [-0.4, -0.2) is 35.0 Å². The number of rotatable bonds is 8. The van der Waals surface area contributed by atoms with Crippen molar-refractivity contribution < 1.29 is 9.53 Å². The van der Waals surface area contributed by atoms with Crippen molar-refractivity contribution in [1.82, 2.24) is 9.88 Å². The van der Waals surface area contributed by atoms with Crippen LogP contribution >= 0.6 is 23.4 Å². The van der Waals surface area contributed by atoms with E-state index in [4.69, 9.17) is 16.3 Å². The van der Waals surface area contributed by atoms with Gasteiger partial charge >= 0.3 is 5.97 Å². The SMILES string of the molecule is C=C[C@@H]1CN2CC[C@H]1C[C@@H]2[C@@H](OC(=O)c1ccc(CSc2ccc(Cl)cc2)cc1)c1ccnc2ccccc12. The van der Waals surface area contributed by atoms with Gasteiger partial charge in [-0.25, -0.2) is 4.79 Å². The second-order valence-electron chi connectivity index (χ2n) is 10.4. The molecule has 3 aliphatic heterocycles. The highest BCUT2D eigenvalue weighted by atomic mass is 35.5. The number of ether oxygens (including phenoxy) is 1. The molecule has 0 radical (unpaired) electrons. The van der Waals surface area contributed by atoms with Crippen LogP contribution in [0.2, 0.25) is 5.02 Å². The molecule has 2 bridgehead atoms. The van der Waals surface area contributed by atoms with Gasteiger partial charge in [-0.2, -0.15) is 0 Å². The lowest BCUT2D eigenvalue weighted by molar-refractivity contribution is -0.0568. The van der Waals surface area contributed by atoms with Gasteiger partial charge in [0.25, 0.3) is 0 Å². The summed E-state index contributed by atoms with van der Waals surface area (Å²) in [7, 11) is 0. The van der Waals surface area contributed by atoms with E-state index in [0.29, 0.717) is 17.4 Å². The Labute approximate surface area is 239 Å². The fourth-order valence-corrected chi connectivity index (χ4v) is 7.01. The van der Waals surface area contributed by atoms with E-state index in [0.717, 1.165) is 57.2 Å². The molecule has 0 N–H and O–H groups in total. The first-order chi connectivity index (χ1) is 19.1. The molecule has 39 heavy (non-hydrogen) atoms. The van der Waals surface area contributed by atoms with Gasteiger partial charge in [-0.1, -0.05) is 48.0 Å². The molecule has 4 heterocycles. The zero-order chi connectivity index (χ0) is 26.8. The number of aromatic nitrogens is 1. The van der Waals surface area contributed by atoms with E-state index in [2.05, 4.69) is 28.6 Å². The lowest BCUT2D eigenvalue weighted by atomic mass is 9.73. The predicted molar refractivity (Wildman–Crippen MR) is 159 cm³/mol. The summed E-state index contributed by atoms with van der Waals surface area (Å²) in [4.78, 5) is 21.8. The summed E-state index contributed by atoms with van der Waals surface area (Å²) in [6.07, 6.45) is 5.71. The first-order valence-corrected chi connectivity index (χ1v) is 14.8. The van der Waals surface area contributed by atoms with Crippen molar-refractivity contribution in [3.8, 4) is 0 Å². The fourth-order valence-electron chi connectivity index (χ4n) is 6.03. The summed E-state index contributed by atoms with van der Waals surface area (Å²) in [6.45, 7) is 6.07. The van der Waals surface area contributed by atoms with Crippen LogP contribution in [0.5, 0.6) is 0 Å². The van der Waals surface area contributed by atoms with Crippen LogP contribution in [0.1, 0.15) is 40.4 Å². The van der Waals surface area contributed by atoms with Crippen LogP contribution < -0.4 is 0 Å². The van der Waals surface area contributed by atoms with Crippen LogP contribution in [0.4, 0.5) is 0 Å². The highest BCUT2D eigenvalue weighted by Crippen LogP contribution is 2.43. The highest BCUT2D eigenvalue weighted by Gasteiger charge is 2.44. The highest BCUT2D eigenvalue weighted by molar-refractivity contribution is 7.98. The van der Waals surface area contributed by atoms with Crippen molar-refractivity contribution in [1.29, 1.82) is 0 Å². The fraction of sp³-hybridized carbons (Fsp3) is 0.273. The minimum absolute atomic E-state index is 0.129. The second-order valence-corrected chi connectivity index (χ2v) is 11.9. The third-order valence-corrected chi connectivity index (χ3v) is 9.47. The number of carbonyl (C=O) groups excluding carboxylic acids is 1. The lowest BCUT2D eigenvalue weighted by Crippen LogP contribution is -2.55. The smallest absolute Gasteiger partial charge is 0.338 e. The number of hydrogen-bond donors (Lipinski definition) is 0. The molecule has 1 unspecified atom stereocenters. The molecule has 5 atom stereocenters. The molecule has 0 amide bonds. The predicted octanol–water partition coefficient (Wildman–Crippen LogP) is 7.98. The van der Waals surface area contributed by atoms with E-state index in [1.54, 1.807) is 11.8 Å². The number of esters is 1. The Morgan fingerprint density at radius 1 is 1.10 bits per heavy atom. The van der Waals surface area contributed by atoms with Crippen LogP contribution in [0.25, 0.3) is 10.9 Å². The molecular weight excluding hydrogens is 524 g/mol. The molecular formula is C33H31ClN2O2S. The first-order valence-electron chi connectivity index (χ1n) is 13.5. The maximum Gasteiger partial charge on any atom is 0.338 e. The lowest BCUT2D eigenvalue weighted by Gasteiger charge is -2.51. The number of halogens is 1. The largest absolute Gasteiger partial charge is 0.452 e. The van der Waals surface area contributed by atoms with Crippen molar-refractivity contribution in [3.05, 3.63) is 119 Å². The molecule has 3 fully saturated rings. The van der Waals surface area contributed by atoms with E-state index in [1.165, 1.54) is 6.42 Å². The molecule has 7 rings (SSSR count). The minimum Gasteiger partial charge on any atom is -0.452 e. The maximum absolute atomic E-state index is 13.6. The zero-order valence-corrected chi connectivity index (χ0v) is 23.3. The van der Waals surface area contributed by atoms with Crippen molar-refractivity contribution in [2.45, 2.75) is 35.6 Å². The van der Waals surface area contributed by atoms with E-state index in [-0.39, 0.29) is 18.1 Å². The Hall–Kier alpha value is -3.12. The molecule has 0 spiro atoms. The molecule has 1 aromatic heterocycles. The van der Waals surface area contributed by atoms with Gasteiger partial charge in [0.2, 0.25) is 0 Å². The Morgan fingerprint density at radius 3 is 2.64 bits per heavy atom. The van der Waals surface area contributed by atoms with Gasteiger partial charge in [-0.3, -0.25) is 9.88 Å². The number of piperidine rings is 3. The first kappa shape index (κ1) is 26.1. The van der Waals surface area contributed by atoms with E-state index < -0.39 is 0 Å². The molecule has 0 aliphatic carbocycles. The van der Waals surface area contributed by atoms with Gasteiger partial charge in [0.05, 0.1) is 17.1 Å². The number of carbonyl (C=O) groups is 1. The molecule has 0 saturated carbocycles. The van der Waals surface area contributed by atoms with Crippen molar-refractivity contribution >= 4 is 40.2 Å². The number of pyridine rings is 1. The molecule has 4 nitrogen and oxygen atoms in total. The normalized spacial score (nSPS) is 22.9. The van der Waals surface area contributed by atoms with E-state index in [9.17, 15) is 4.79 Å². The quantitative estimate of drug-likeness (QED) is 0.125. The minimum atomic E-state index is -0.376. The molecule has 3 saturated heterocycles. The summed E-state index contributed by atoms with van der Waals surface area (Å²) in [6, 6.07) is 25.9. The number of thioether (sulfide) groups is 1. The summed E-state index contributed by atoms with van der Waals surface area (Å²) >= 11 is 7.74. The van der Waals surface area contributed by atoms with Gasteiger partial charge in [0.15, 0.2) is 0 Å². The van der Waals surface area contributed by atoms with E-state index in [1.807, 2.05) is 79.0 Å². The Balaban J connectivity index is 1.23. The van der Waals surface area contributed by atoms with E-state index >= 15 is 0 Å². The van der Waals surface area contributed by atoms with Gasteiger partial charge in [0, 0.05) is 39.4 Å². The van der Waals surface area contributed by atoms with Crippen molar-refractivity contribution in [3.63, 3.8) is 0 Å². The number of fused-ring (bicyclic) bond motifs is 4. The Kier molecular flexibility index (Phi) is 7.73. The van der Waals surface area contributed by atoms with Crippen molar-refractivity contribution in [2.24, 2.45) is 11.8 Å². The standard InChI is InChI=1S/C33H31ClN2O2S/c1-2-23-20-36-18-16-25(23)19-31(36)32(29-15-17-35-30-6-4-3-5-28(29)30)38-33(37)24-9-7-22(8-10-24)21-39-27-13-11-26(34)12-14-27/h2-15,17,23,25,31-32H,1,16,18-21H2/t23-,25+,31-,32+/m1/s1. The molecule has 6 heteroatoms. The Morgan fingerprint density at radius 2 is 1.90 bits per heavy atom. The third kappa shape index (κ3) is 5.62. The topological polar surface area (TPSA) is 42.4 Å². The second kappa shape index (κ2) is 11.5. The number of benzene rings is 3. The number of para-hydroxylation sites is 1. The summed E-state index contributed by atoms with van der Waals surface area (Å²) in [5, 5.41) is 1.77. The Bertz CT molecular complexity index is 1470. The molecule has 3 aliphatic rings. The van der Waals surface area contributed by atoms with Gasteiger partial charge in [-0.15, -0.1) is 18.3 Å². The van der Waals surface area contributed by atoms with Crippen molar-refractivity contribution in [2.75, 3.05) is 13.1 Å². The van der Waals surface area contributed by atoms with Crippen LogP contribution in [-0.2, 0) is 10.5 Å². The maximum atomic E-state index is 13.6. The average Bonchev–Trinajstić information content (AvgIpc) is 2.99. The average molecular weight is 555 g/mol. The van der Waals surface area contributed by atoms with Gasteiger partial charge in [-0.05, 0) is 85.3 Å². The third-order valence-electron chi connectivity index (χ3n) is 8.14. The van der Waals surface area contributed by atoms with Crippen LogP contribution in [0.15, 0.2) is 103 Å². The molecule has 198 valence electrons. The van der Waals surface area contributed by atoms with Crippen LogP contribution in [0, 0.1) is 11.8 Å².